The van der Waals surface area contributed by atoms with Gasteiger partial charge in [0.05, 0.1) is 23.8 Å². The normalized spacial score (nSPS) is 9.76. The highest BCUT2D eigenvalue weighted by Gasteiger charge is 2.09. The molecular weight excluding hydrogens is 376 g/mol. The van der Waals surface area contributed by atoms with E-state index in [0.717, 1.165) is 16.7 Å². The largest absolute Gasteiger partial charge is 0.465 e. The molecule has 112 valence electrons. The predicted molar refractivity (Wildman–Crippen MR) is 88.2 cm³/mol. The zero-order valence-corrected chi connectivity index (χ0v) is 14.4. The number of carbonyl (C=O) groups excluding carboxylic acids is 2. The summed E-state index contributed by atoms with van der Waals surface area (Å²) >= 11 is 5.58. The van der Waals surface area contributed by atoms with Gasteiger partial charge in [0.25, 0.3) is 0 Å². The number of nitrogens with zero attached hydrogens (tertiary/aromatic N) is 1. The number of amides is 1. The van der Waals surface area contributed by atoms with E-state index in [9.17, 15) is 9.59 Å². The molecule has 1 aromatic rings. The minimum atomic E-state index is -0.325. The quantitative estimate of drug-likeness (QED) is 0.438. The molecule has 0 heterocycles. The maximum atomic E-state index is 11.8. The second-order valence-corrected chi connectivity index (χ2v) is 6.38. The first kappa shape index (κ1) is 17.9. The molecule has 0 aliphatic rings. The summed E-state index contributed by atoms with van der Waals surface area (Å²) < 4.78 is 5.47. The summed E-state index contributed by atoms with van der Waals surface area (Å²) in [5.74, 6) is -0.208. The fourth-order valence-electron chi connectivity index (χ4n) is 1.33. The molecule has 0 saturated heterocycles. The van der Waals surface area contributed by atoms with Gasteiger partial charge in [-0.3, -0.25) is 9.59 Å². The zero-order valence-electron chi connectivity index (χ0n) is 11.2. The minimum Gasteiger partial charge on any atom is -0.465 e. The molecule has 0 fully saturated rings. The van der Waals surface area contributed by atoms with Gasteiger partial charge in [0.2, 0.25) is 5.91 Å². The molecule has 0 spiro atoms. The maximum absolute atomic E-state index is 11.8. The van der Waals surface area contributed by atoms with Crippen LogP contribution in [0.15, 0.2) is 27.6 Å². The number of nitriles is 1. The number of hydrogen-bond donors (Lipinski definition) is 1. The monoisotopic (exact) mass is 388 g/mol. The number of esters is 1. The molecule has 8 heteroatoms. The molecule has 5 nitrogen and oxygen atoms in total. The number of nitrogens with one attached hydrogen (secondary N) is 1. The first-order valence-electron chi connectivity index (χ1n) is 5.95. The Morgan fingerprint density at radius 3 is 2.81 bits per heavy atom. The molecule has 0 radical (unpaired) electrons. The van der Waals surface area contributed by atoms with E-state index in [1.54, 1.807) is 25.1 Å². The number of anilines is 1. The van der Waals surface area contributed by atoms with Gasteiger partial charge >= 0.3 is 5.97 Å². The van der Waals surface area contributed by atoms with Crippen molar-refractivity contribution in [2.75, 3.05) is 23.4 Å². The van der Waals surface area contributed by atoms with E-state index in [4.69, 9.17) is 10.00 Å². The summed E-state index contributed by atoms with van der Waals surface area (Å²) in [5.41, 5.74) is 0.624. The number of benzene rings is 1. The Kier molecular flexibility index (Phi) is 8.27. The lowest BCUT2D eigenvalue weighted by Crippen LogP contribution is -2.16. The van der Waals surface area contributed by atoms with Crippen molar-refractivity contribution < 1.29 is 14.3 Å². The summed E-state index contributed by atoms with van der Waals surface area (Å²) in [7, 11) is 0. The topological polar surface area (TPSA) is 79.2 Å². The van der Waals surface area contributed by atoms with E-state index >= 15 is 0 Å². The molecule has 21 heavy (non-hydrogen) atoms. The SMILES string of the molecule is CCOC(=O)CSCC(=O)Nc1ccc(SC#N)cc1Br. The number of halogens is 1. The number of thiocyanates is 1. The van der Waals surface area contributed by atoms with Crippen molar-refractivity contribution in [2.45, 2.75) is 11.8 Å². The number of carbonyl (C=O) groups is 2. The molecule has 0 aliphatic carbocycles. The Bertz CT molecular complexity index is 561. The van der Waals surface area contributed by atoms with Crippen LogP contribution in [0.2, 0.25) is 0 Å². The lowest BCUT2D eigenvalue weighted by Gasteiger charge is -2.08. The highest BCUT2D eigenvalue weighted by Crippen LogP contribution is 2.28. The lowest BCUT2D eigenvalue weighted by molar-refractivity contribution is -0.139. The molecule has 1 amide bonds. The van der Waals surface area contributed by atoms with E-state index in [1.165, 1.54) is 11.8 Å². The summed E-state index contributed by atoms with van der Waals surface area (Å²) in [5, 5.41) is 13.3. The van der Waals surface area contributed by atoms with Crippen LogP contribution in [0, 0.1) is 10.7 Å². The third-order valence-electron chi connectivity index (χ3n) is 2.14. The fraction of sp³-hybridized carbons (Fsp3) is 0.308. The smallest absolute Gasteiger partial charge is 0.315 e. The number of hydrogen-bond acceptors (Lipinski definition) is 6. The van der Waals surface area contributed by atoms with Crippen molar-refractivity contribution in [3.8, 4) is 5.40 Å². The molecule has 1 aromatic carbocycles. The third kappa shape index (κ3) is 6.89. The van der Waals surface area contributed by atoms with E-state index in [-0.39, 0.29) is 23.4 Å². The molecule has 0 bridgehead atoms. The maximum Gasteiger partial charge on any atom is 0.315 e. The molecule has 0 atom stereocenters. The summed E-state index contributed by atoms with van der Waals surface area (Å²) in [6, 6.07) is 5.23. The van der Waals surface area contributed by atoms with Crippen LogP contribution in [0.1, 0.15) is 6.92 Å². The number of rotatable bonds is 7. The molecule has 0 aliphatic heterocycles. The van der Waals surface area contributed by atoms with Crippen LogP contribution in [0.5, 0.6) is 0 Å². The van der Waals surface area contributed by atoms with Gasteiger partial charge in [-0.2, -0.15) is 5.26 Å². The van der Waals surface area contributed by atoms with Gasteiger partial charge in [-0.15, -0.1) is 11.8 Å². The highest BCUT2D eigenvalue weighted by atomic mass is 79.9. The first-order valence-corrected chi connectivity index (χ1v) is 8.72. The summed E-state index contributed by atoms with van der Waals surface area (Å²) in [4.78, 5) is 23.7. The average molecular weight is 389 g/mol. The Morgan fingerprint density at radius 1 is 1.43 bits per heavy atom. The van der Waals surface area contributed by atoms with Crippen LogP contribution in [0.3, 0.4) is 0 Å². The Labute approximate surface area is 139 Å². The molecule has 1 rings (SSSR count). The lowest BCUT2D eigenvalue weighted by atomic mass is 10.3. The van der Waals surface area contributed by atoms with Gasteiger partial charge in [0, 0.05) is 9.37 Å². The van der Waals surface area contributed by atoms with E-state index in [2.05, 4.69) is 21.2 Å². The van der Waals surface area contributed by atoms with Gasteiger partial charge in [-0.1, -0.05) is 0 Å². The predicted octanol–water partition coefficient (Wildman–Crippen LogP) is 3.26. The number of ether oxygens (including phenoxy) is 1. The van der Waals surface area contributed by atoms with E-state index in [0.29, 0.717) is 16.8 Å². The van der Waals surface area contributed by atoms with Gasteiger partial charge in [-0.05, 0) is 52.8 Å². The van der Waals surface area contributed by atoms with Crippen molar-refractivity contribution in [3.63, 3.8) is 0 Å². The van der Waals surface area contributed by atoms with Crippen LogP contribution in [-0.2, 0) is 14.3 Å². The molecule has 0 saturated carbocycles. The zero-order chi connectivity index (χ0) is 15.7. The second-order valence-electron chi connectivity index (χ2n) is 3.68. The first-order chi connectivity index (χ1) is 10.1. The summed E-state index contributed by atoms with van der Waals surface area (Å²) in [6.07, 6.45) is 0. The minimum absolute atomic E-state index is 0.153. The van der Waals surface area contributed by atoms with Gasteiger partial charge < -0.3 is 10.1 Å². The second kappa shape index (κ2) is 9.71. The van der Waals surface area contributed by atoms with Crippen LogP contribution in [-0.4, -0.2) is 30.0 Å². The van der Waals surface area contributed by atoms with Crippen LogP contribution in [0.4, 0.5) is 5.69 Å². The Balaban J connectivity index is 2.44. The average Bonchev–Trinajstić information content (AvgIpc) is 2.42. The van der Waals surface area contributed by atoms with Gasteiger partial charge in [-0.25, -0.2) is 0 Å². The highest BCUT2D eigenvalue weighted by molar-refractivity contribution is 9.10. The van der Waals surface area contributed by atoms with Crippen molar-refractivity contribution in [1.29, 1.82) is 5.26 Å². The number of thioether (sulfide) groups is 2. The summed E-state index contributed by atoms with van der Waals surface area (Å²) in [6.45, 7) is 2.08. The standard InChI is InChI=1S/C13H13BrN2O3S2/c1-2-19-13(18)7-20-6-12(17)16-11-4-3-9(21-8-15)5-10(11)14/h3-5H,2,6-7H2,1H3,(H,16,17). The van der Waals surface area contributed by atoms with Gasteiger partial charge in [0.15, 0.2) is 0 Å². The molecule has 0 unspecified atom stereocenters. The van der Waals surface area contributed by atoms with Crippen molar-refractivity contribution in [3.05, 3.63) is 22.7 Å². The van der Waals surface area contributed by atoms with Crippen LogP contribution in [0.25, 0.3) is 0 Å². The van der Waals surface area contributed by atoms with E-state index < -0.39 is 0 Å². The fourth-order valence-corrected chi connectivity index (χ4v) is 2.99. The third-order valence-corrected chi connectivity index (χ3v) is 4.28. The van der Waals surface area contributed by atoms with Crippen molar-refractivity contribution >= 4 is 57.0 Å². The van der Waals surface area contributed by atoms with E-state index in [1.807, 2.05) is 5.40 Å². The Hall–Kier alpha value is -1.17. The molecular formula is C13H13BrN2O3S2. The molecule has 0 aromatic heterocycles. The van der Waals surface area contributed by atoms with Gasteiger partial charge in [0.1, 0.15) is 5.40 Å². The van der Waals surface area contributed by atoms with Crippen molar-refractivity contribution in [1.82, 2.24) is 0 Å². The van der Waals surface area contributed by atoms with Crippen LogP contribution < -0.4 is 5.32 Å². The van der Waals surface area contributed by atoms with Crippen molar-refractivity contribution in [2.24, 2.45) is 0 Å². The molecule has 1 N–H and O–H groups in total. The van der Waals surface area contributed by atoms with Crippen LogP contribution >= 0.6 is 39.5 Å². The Morgan fingerprint density at radius 2 is 2.19 bits per heavy atom.